The van der Waals surface area contributed by atoms with Gasteiger partial charge in [-0.3, -0.25) is 0 Å². The Morgan fingerprint density at radius 3 is 3.00 bits per heavy atom. The minimum atomic E-state index is -1.37. The first-order chi connectivity index (χ1) is 5.79. The lowest BCUT2D eigenvalue weighted by Gasteiger charge is -1.90. The maximum atomic E-state index is 8.55. The summed E-state index contributed by atoms with van der Waals surface area (Å²) in [6.07, 6.45) is 12.5. The molecular formula is C9H13BO2. The average molecular weight is 164 g/mol. The first-order valence-corrected chi connectivity index (χ1v) is 3.87. The molecule has 0 atom stereocenters. The zero-order valence-corrected chi connectivity index (χ0v) is 6.72. The zero-order valence-electron chi connectivity index (χ0n) is 6.72. The summed E-state index contributed by atoms with van der Waals surface area (Å²) in [6, 6.07) is 0. The van der Waals surface area contributed by atoms with E-state index in [4.69, 9.17) is 10.0 Å². The fourth-order valence-corrected chi connectivity index (χ4v) is 0.904. The smallest absolute Gasteiger partial charge is 0.424 e. The third-order valence-electron chi connectivity index (χ3n) is 1.47. The molecule has 12 heavy (non-hydrogen) atoms. The van der Waals surface area contributed by atoms with Crippen LogP contribution in [-0.2, 0) is 0 Å². The Hall–Kier alpha value is -1.06. The highest BCUT2D eigenvalue weighted by Gasteiger charge is 1.97. The van der Waals surface area contributed by atoms with Crippen molar-refractivity contribution >= 4 is 7.12 Å². The van der Waals surface area contributed by atoms with Crippen LogP contribution in [0.4, 0.5) is 0 Å². The van der Waals surface area contributed by atoms with Crippen LogP contribution in [0.5, 0.6) is 0 Å². The van der Waals surface area contributed by atoms with Gasteiger partial charge in [-0.15, -0.1) is 0 Å². The molecule has 0 saturated carbocycles. The van der Waals surface area contributed by atoms with E-state index in [9.17, 15) is 0 Å². The standard InChI is InChI=1S/C9H11BO2.H2/c11-10(12)8-7-9-5-3-1-2-4-6-9;/h1,3-8,11-12H,2H2;1H/b8-7+;. The van der Waals surface area contributed by atoms with E-state index in [1.54, 1.807) is 6.08 Å². The highest BCUT2D eigenvalue weighted by atomic mass is 16.4. The topological polar surface area (TPSA) is 40.5 Å². The maximum absolute atomic E-state index is 8.55. The molecule has 0 bridgehead atoms. The second-order valence-electron chi connectivity index (χ2n) is 2.51. The second-order valence-corrected chi connectivity index (χ2v) is 2.51. The molecule has 0 spiro atoms. The van der Waals surface area contributed by atoms with E-state index in [-0.39, 0.29) is 1.43 Å². The van der Waals surface area contributed by atoms with Gasteiger partial charge in [0.1, 0.15) is 0 Å². The number of allylic oxidation sites excluding steroid dienone is 7. The number of hydrogen-bond acceptors (Lipinski definition) is 2. The minimum absolute atomic E-state index is 0. The minimum Gasteiger partial charge on any atom is -0.424 e. The molecule has 0 fully saturated rings. The highest BCUT2D eigenvalue weighted by Crippen LogP contribution is 2.05. The second kappa shape index (κ2) is 4.75. The fraction of sp³-hybridized carbons (Fsp3) is 0.111. The third-order valence-corrected chi connectivity index (χ3v) is 1.47. The van der Waals surface area contributed by atoms with Gasteiger partial charge in [0.2, 0.25) is 0 Å². The summed E-state index contributed by atoms with van der Waals surface area (Å²) in [6.45, 7) is 0. The van der Waals surface area contributed by atoms with Crippen LogP contribution in [0.3, 0.4) is 0 Å². The molecular weight excluding hydrogens is 151 g/mol. The van der Waals surface area contributed by atoms with Gasteiger partial charge in [0.05, 0.1) is 0 Å². The monoisotopic (exact) mass is 164 g/mol. The molecule has 2 N–H and O–H groups in total. The van der Waals surface area contributed by atoms with Crippen LogP contribution in [0, 0.1) is 0 Å². The Morgan fingerprint density at radius 2 is 2.25 bits per heavy atom. The summed E-state index contributed by atoms with van der Waals surface area (Å²) in [4.78, 5) is 0. The molecule has 0 aromatic heterocycles. The van der Waals surface area contributed by atoms with E-state index < -0.39 is 7.12 Å². The Morgan fingerprint density at radius 1 is 1.42 bits per heavy atom. The van der Waals surface area contributed by atoms with Crippen molar-refractivity contribution in [1.29, 1.82) is 0 Å². The molecule has 0 aliphatic heterocycles. The third kappa shape index (κ3) is 3.37. The van der Waals surface area contributed by atoms with Crippen molar-refractivity contribution in [2.24, 2.45) is 0 Å². The van der Waals surface area contributed by atoms with E-state index in [1.165, 1.54) is 5.98 Å². The molecule has 0 aromatic carbocycles. The van der Waals surface area contributed by atoms with E-state index in [0.717, 1.165) is 12.0 Å². The van der Waals surface area contributed by atoms with Crippen molar-refractivity contribution in [2.75, 3.05) is 0 Å². The van der Waals surface area contributed by atoms with Gasteiger partial charge in [0.25, 0.3) is 0 Å². The van der Waals surface area contributed by atoms with Gasteiger partial charge in [-0.1, -0.05) is 42.4 Å². The lowest BCUT2D eigenvalue weighted by atomic mass is 9.90. The SMILES string of the molecule is OB(O)/C=C/C1=CC=CCC=C1.[HH]. The predicted molar refractivity (Wildman–Crippen MR) is 52.4 cm³/mol. The van der Waals surface area contributed by atoms with Crippen LogP contribution < -0.4 is 0 Å². The zero-order chi connectivity index (χ0) is 8.81. The Kier molecular flexibility index (Phi) is 3.58. The molecule has 0 saturated heterocycles. The van der Waals surface area contributed by atoms with Crippen molar-refractivity contribution in [3.63, 3.8) is 0 Å². The molecule has 0 radical (unpaired) electrons. The Bertz CT molecular complexity index is 254. The van der Waals surface area contributed by atoms with Crippen LogP contribution in [0.25, 0.3) is 0 Å². The fourth-order valence-electron chi connectivity index (χ4n) is 0.904. The number of hydrogen-bond donors (Lipinski definition) is 2. The van der Waals surface area contributed by atoms with Crippen molar-refractivity contribution < 1.29 is 11.5 Å². The van der Waals surface area contributed by atoms with Gasteiger partial charge in [-0.2, -0.15) is 0 Å². The molecule has 3 heteroatoms. The van der Waals surface area contributed by atoms with Crippen LogP contribution in [-0.4, -0.2) is 17.2 Å². The largest absolute Gasteiger partial charge is 0.480 e. The summed E-state index contributed by atoms with van der Waals surface area (Å²) >= 11 is 0. The normalized spacial score (nSPS) is 16.3. The lowest BCUT2D eigenvalue weighted by Crippen LogP contribution is -2.05. The van der Waals surface area contributed by atoms with Crippen LogP contribution >= 0.6 is 0 Å². The quantitative estimate of drug-likeness (QED) is 0.602. The van der Waals surface area contributed by atoms with Gasteiger partial charge < -0.3 is 10.0 Å². The highest BCUT2D eigenvalue weighted by molar-refractivity contribution is 6.47. The molecule has 0 heterocycles. The Balaban J connectivity index is 0.00000144. The van der Waals surface area contributed by atoms with E-state index in [0.29, 0.717) is 0 Å². The van der Waals surface area contributed by atoms with Gasteiger partial charge in [-0.25, -0.2) is 0 Å². The molecule has 1 rings (SSSR count). The molecule has 0 aromatic rings. The summed E-state index contributed by atoms with van der Waals surface area (Å²) in [7, 11) is -1.37. The van der Waals surface area contributed by atoms with Crippen LogP contribution in [0.1, 0.15) is 7.85 Å². The average Bonchev–Trinajstić information content (AvgIpc) is 2.28. The van der Waals surface area contributed by atoms with Crippen molar-refractivity contribution in [2.45, 2.75) is 6.42 Å². The molecule has 1 aliphatic carbocycles. The van der Waals surface area contributed by atoms with Gasteiger partial charge >= 0.3 is 7.12 Å². The summed E-state index contributed by atoms with van der Waals surface area (Å²) < 4.78 is 0. The number of rotatable bonds is 2. The molecule has 64 valence electrons. The van der Waals surface area contributed by atoms with E-state index in [2.05, 4.69) is 0 Å². The first-order valence-electron chi connectivity index (χ1n) is 3.87. The van der Waals surface area contributed by atoms with E-state index in [1.807, 2.05) is 30.4 Å². The van der Waals surface area contributed by atoms with Gasteiger partial charge in [0.15, 0.2) is 0 Å². The summed E-state index contributed by atoms with van der Waals surface area (Å²) in [5, 5.41) is 17.1. The molecule has 1 aliphatic rings. The van der Waals surface area contributed by atoms with Crippen LogP contribution in [0.15, 0.2) is 48.0 Å². The summed E-state index contributed by atoms with van der Waals surface area (Å²) in [5.41, 5.74) is 0.969. The van der Waals surface area contributed by atoms with E-state index >= 15 is 0 Å². The molecule has 2 nitrogen and oxygen atoms in total. The van der Waals surface area contributed by atoms with Crippen molar-refractivity contribution in [3.8, 4) is 0 Å². The lowest BCUT2D eigenvalue weighted by molar-refractivity contribution is 0.424. The van der Waals surface area contributed by atoms with Crippen molar-refractivity contribution in [1.82, 2.24) is 0 Å². The van der Waals surface area contributed by atoms with Gasteiger partial charge in [0, 0.05) is 1.43 Å². The maximum Gasteiger partial charge on any atom is 0.480 e. The van der Waals surface area contributed by atoms with Crippen molar-refractivity contribution in [3.05, 3.63) is 48.0 Å². The van der Waals surface area contributed by atoms with Crippen LogP contribution in [0.2, 0.25) is 0 Å². The molecule has 0 amide bonds. The Labute approximate surface area is 73.9 Å². The predicted octanol–water partition coefficient (Wildman–Crippen LogP) is 1.24. The molecule has 0 unspecified atom stereocenters. The summed E-state index contributed by atoms with van der Waals surface area (Å²) in [5.74, 6) is 1.33. The first kappa shape index (κ1) is 9.04. The van der Waals surface area contributed by atoms with Gasteiger partial charge in [-0.05, 0) is 12.0 Å².